The van der Waals surface area contributed by atoms with Gasteiger partial charge >= 0.3 is 0 Å². The van der Waals surface area contributed by atoms with E-state index in [2.05, 4.69) is 15.6 Å². The number of anilines is 1. The molecular formula is C20H21Cl3N4O3. The van der Waals surface area contributed by atoms with Crippen LogP contribution in [0.5, 0.6) is 0 Å². The average molecular weight is 472 g/mol. The molecule has 2 rings (SSSR count). The molecule has 0 radical (unpaired) electrons. The van der Waals surface area contributed by atoms with E-state index in [1.165, 1.54) is 11.9 Å². The van der Waals surface area contributed by atoms with Gasteiger partial charge in [0.05, 0.1) is 23.1 Å². The second-order valence-corrected chi connectivity index (χ2v) is 7.41. The smallest absolute Gasteiger partial charge is 0.269 e. The number of pyridine rings is 1. The molecular weight excluding hydrogens is 451 g/mol. The number of aromatic nitrogens is 1. The van der Waals surface area contributed by atoms with Gasteiger partial charge in [-0.3, -0.25) is 19.4 Å². The van der Waals surface area contributed by atoms with Gasteiger partial charge in [0.15, 0.2) is 0 Å². The van der Waals surface area contributed by atoms with E-state index in [4.69, 9.17) is 34.8 Å². The number of aryl methyl sites for hydroxylation is 1. The summed E-state index contributed by atoms with van der Waals surface area (Å²) in [5.41, 5.74) is 2.11. The van der Waals surface area contributed by atoms with Crippen molar-refractivity contribution in [2.24, 2.45) is 0 Å². The van der Waals surface area contributed by atoms with Crippen molar-refractivity contribution >= 4 is 58.2 Å². The van der Waals surface area contributed by atoms with Crippen LogP contribution in [0.15, 0.2) is 30.5 Å². The summed E-state index contributed by atoms with van der Waals surface area (Å²) in [5.74, 6) is -0.787. The number of hydrogen-bond donors (Lipinski definition) is 2. The third kappa shape index (κ3) is 6.08. The number of hydrogen-bond acceptors (Lipinski definition) is 4. The zero-order chi connectivity index (χ0) is 22.3. The highest BCUT2D eigenvalue weighted by Gasteiger charge is 2.18. The Bertz CT molecular complexity index is 936. The number of nitrogens with one attached hydrogen (secondary N) is 2. The predicted octanol–water partition coefficient (Wildman–Crippen LogP) is 3.20. The predicted molar refractivity (Wildman–Crippen MR) is 118 cm³/mol. The Kier molecular flexibility index (Phi) is 8.89. The Morgan fingerprint density at radius 1 is 1.13 bits per heavy atom. The number of carbonyl (C=O) groups excluding carboxylic acids is 3. The lowest BCUT2D eigenvalue weighted by Crippen LogP contribution is -2.38. The van der Waals surface area contributed by atoms with E-state index >= 15 is 0 Å². The molecule has 30 heavy (non-hydrogen) atoms. The molecule has 1 aromatic heterocycles. The van der Waals surface area contributed by atoms with E-state index in [-0.39, 0.29) is 36.6 Å². The molecule has 2 N–H and O–H groups in total. The van der Waals surface area contributed by atoms with Gasteiger partial charge in [0.1, 0.15) is 5.69 Å². The molecule has 10 heteroatoms. The molecule has 0 unspecified atom stereocenters. The lowest BCUT2D eigenvalue weighted by molar-refractivity contribution is -0.124. The van der Waals surface area contributed by atoms with Crippen LogP contribution in [0.3, 0.4) is 0 Å². The summed E-state index contributed by atoms with van der Waals surface area (Å²) in [6, 6.07) is 6.57. The number of alkyl halides is 1. The summed E-state index contributed by atoms with van der Waals surface area (Å²) in [6.07, 6.45) is 2.16. The highest BCUT2D eigenvalue weighted by atomic mass is 35.5. The van der Waals surface area contributed by atoms with Gasteiger partial charge in [0.25, 0.3) is 5.91 Å². The molecule has 7 nitrogen and oxygen atoms in total. The maximum atomic E-state index is 12.4. The highest BCUT2D eigenvalue weighted by Crippen LogP contribution is 2.34. The number of amides is 3. The normalized spacial score (nSPS) is 10.4. The van der Waals surface area contributed by atoms with Gasteiger partial charge in [-0.2, -0.15) is 0 Å². The lowest BCUT2D eigenvalue weighted by Gasteiger charge is -2.20. The second kappa shape index (κ2) is 11.2. The Hall–Kier alpha value is -2.35. The minimum Gasteiger partial charge on any atom is -0.354 e. The van der Waals surface area contributed by atoms with Gasteiger partial charge in [-0.05, 0) is 30.2 Å². The van der Waals surface area contributed by atoms with Gasteiger partial charge < -0.3 is 15.5 Å². The van der Waals surface area contributed by atoms with Crippen molar-refractivity contribution in [2.75, 3.05) is 25.5 Å². The molecule has 0 aliphatic rings. The molecule has 160 valence electrons. The Morgan fingerprint density at radius 2 is 1.87 bits per heavy atom. The van der Waals surface area contributed by atoms with Crippen LogP contribution in [0.2, 0.25) is 10.0 Å². The molecule has 0 spiro atoms. The maximum absolute atomic E-state index is 12.4. The largest absolute Gasteiger partial charge is 0.354 e. The van der Waals surface area contributed by atoms with Crippen molar-refractivity contribution in [3.8, 4) is 0 Å². The molecule has 0 aliphatic carbocycles. The van der Waals surface area contributed by atoms with Gasteiger partial charge in [-0.15, -0.1) is 11.6 Å². The zero-order valence-corrected chi connectivity index (χ0v) is 18.7. The molecule has 3 amide bonds. The van der Waals surface area contributed by atoms with Crippen molar-refractivity contribution in [3.63, 3.8) is 0 Å². The summed E-state index contributed by atoms with van der Waals surface area (Å²) >= 11 is 18.2. The van der Waals surface area contributed by atoms with E-state index in [0.29, 0.717) is 33.4 Å². The minimum absolute atomic E-state index is 0.114. The maximum Gasteiger partial charge on any atom is 0.269 e. The Morgan fingerprint density at radius 3 is 2.47 bits per heavy atom. The Labute approximate surface area is 189 Å². The van der Waals surface area contributed by atoms with Crippen LogP contribution in [0.25, 0.3) is 0 Å². The minimum atomic E-state index is -0.343. The molecule has 0 aliphatic heterocycles. The first kappa shape index (κ1) is 23.9. The number of nitrogens with zero attached hydrogens (tertiary/aromatic N) is 2. The monoisotopic (exact) mass is 470 g/mol. The number of carbonyl (C=O) groups is 3. The summed E-state index contributed by atoms with van der Waals surface area (Å²) in [6.45, 7) is -0.182. The highest BCUT2D eigenvalue weighted by molar-refractivity contribution is 6.39. The van der Waals surface area contributed by atoms with Crippen molar-refractivity contribution in [1.82, 2.24) is 15.6 Å². The van der Waals surface area contributed by atoms with Crippen molar-refractivity contribution in [3.05, 3.63) is 57.3 Å². The average Bonchev–Trinajstić information content (AvgIpc) is 2.75. The first-order chi connectivity index (χ1) is 14.3. The van der Waals surface area contributed by atoms with Crippen molar-refractivity contribution < 1.29 is 14.4 Å². The van der Waals surface area contributed by atoms with Crippen LogP contribution in [-0.4, -0.2) is 43.3 Å². The third-order valence-electron chi connectivity index (χ3n) is 4.40. The summed E-state index contributed by atoms with van der Waals surface area (Å²) in [4.78, 5) is 41.4. The second-order valence-electron chi connectivity index (χ2n) is 6.35. The molecule has 1 aromatic carbocycles. The SMILES string of the molecule is CNC(=O)c1ccc(CCC(=O)NCC(=O)N(C)c2ccc(Cl)c(CCl)c2Cl)cn1. The number of halogens is 3. The fourth-order valence-electron chi connectivity index (χ4n) is 2.57. The molecule has 1 heterocycles. The van der Waals surface area contributed by atoms with Gasteiger partial charge in [-0.1, -0.05) is 29.3 Å². The molecule has 2 aromatic rings. The fourth-order valence-corrected chi connectivity index (χ4v) is 3.62. The van der Waals surface area contributed by atoms with Gasteiger partial charge in [-0.25, -0.2) is 0 Å². The van der Waals surface area contributed by atoms with E-state index in [9.17, 15) is 14.4 Å². The van der Waals surface area contributed by atoms with Crippen LogP contribution in [0.1, 0.15) is 28.0 Å². The first-order valence-corrected chi connectivity index (χ1v) is 10.3. The van der Waals surface area contributed by atoms with Crippen molar-refractivity contribution in [2.45, 2.75) is 18.7 Å². The van der Waals surface area contributed by atoms with Crippen LogP contribution < -0.4 is 15.5 Å². The molecule has 0 saturated carbocycles. The first-order valence-electron chi connectivity index (χ1n) is 9.01. The van der Waals surface area contributed by atoms with Crippen LogP contribution in [0, 0.1) is 0 Å². The van der Waals surface area contributed by atoms with E-state index in [1.807, 2.05) is 0 Å². The van der Waals surface area contributed by atoms with Crippen molar-refractivity contribution in [1.29, 1.82) is 0 Å². The quantitative estimate of drug-likeness (QED) is 0.578. The summed E-state index contributed by atoms with van der Waals surface area (Å²) < 4.78 is 0. The lowest BCUT2D eigenvalue weighted by atomic mass is 10.1. The summed E-state index contributed by atoms with van der Waals surface area (Å²) in [5, 5.41) is 5.80. The van der Waals surface area contributed by atoms with E-state index in [0.717, 1.165) is 5.56 Å². The van der Waals surface area contributed by atoms with E-state index in [1.54, 1.807) is 37.5 Å². The fraction of sp³-hybridized carbons (Fsp3) is 0.300. The number of benzene rings is 1. The summed E-state index contributed by atoms with van der Waals surface area (Å²) in [7, 11) is 3.08. The van der Waals surface area contributed by atoms with Crippen LogP contribution in [-0.2, 0) is 21.9 Å². The standard InChI is InChI=1S/C20H21Cl3N4O3/c1-24-20(30)15-6-3-12(10-25-15)4-8-17(28)26-11-18(29)27(2)16-7-5-14(22)13(9-21)19(16)23/h3,5-7,10H,4,8-9,11H2,1-2H3,(H,24,30)(H,26,28). The molecule has 0 bridgehead atoms. The number of likely N-dealkylation sites (N-methyl/N-ethyl adjacent to an activating group) is 1. The molecule has 0 saturated heterocycles. The Balaban J connectivity index is 1.87. The van der Waals surface area contributed by atoms with E-state index < -0.39 is 0 Å². The van der Waals surface area contributed by atoms with Gasteiger partial charge in [0.2, 0.25) is 11.8 Å². The van der Waals surface area contributed by atoms with Crippen LogP contribution >= 0.6 is 34.8 Å². The third-order valence-corrected chi connectivity index (χ3v) is 5.44. The van der Waals surface area contributed by atoms with Gasteiger partial charge in [0, 0.05) is 37.3 Å². The van der Waals surface area contributed by atoms with Crippen LogP contribution in [0.4, 0.5) is 5.69 Å². The number of rotatable bonds is 8. The molecule has 0 fully saturated rings. The molecule has 0 atom stereocenters. The zero-order valence-electron chi connectivity index (χ0n) is 16.5. The topological polar surface area (TPSA) is 91.4 Å².